The van der Waals surface area contributed by atoms with Crippen LogP contribution in [0.5, 0.6) is 0 Å². The molecule has 0 amide bonds. The lowest BCUT2D eigenvalue weighted by Crippen LogP contribution is -2.18. The van der Waals surface area contributed by atoms with E-state index in [4.69, 9.17) is 22.1 Å². The van der Waals surface area contributed by atoms with Gasteiger partial charge >= 0.3 is 5.97 Å². The Hall–Kier alpha value is -0.840. The van der Waals surface area contributed by atoms with Crippen molar-refractivity contribution in [2.45, 2.75) is 19.4 Å². The predicted molar refractivity (Wildman–Crippen MR) is 66.8 cm³/mol. The first-order chi connectivity index (χ1) is 7.56. The Labute approximate surface area is 110 Å². The minimum absolute atomic E-state index is 0. The molecule has 0 fully saturated rings. The fourth-order valence-electron chi connectivity index (χ4n) is 1.37. The Morgan fingerprint density at radius 1 is 1.59 bits per heavy atom. The number of carbonyl (C=O) groups is 1. The molecule has 1 rings (SSSR count). The molecule has 1 atom stereocenters. The molecule has 1 aromatic carbocycles. The van der Waals surface area contributed by atoms with Crippen LogP contribution in [0.15, 0.2) is 18.2 Å². The number of hydrogen-bond donors (Lipinski definition) is 1. The summed E-state index contributed by atoms with van der Waals surface area (Å²) < 4.78 is 18.1. The zero-order chi connectivity index (χ0) is 12.1. The highest BCUT2D eigenvalue weighted by molar-refractivity contribution is 6.31. The Kier molecular flexibility index (Phi) is 7.11. The van der Waals surface area contributed by atoms with Crippen molar-refractivity contribution in [2.24, 2.45) is 5.73 Å². The van der Waals surface area contributed by atoms with E-state index >= 15 is 0 Å². The van der Waals surface area contributed by atoms with E-state index in [9.17, 15) is 9.18 Å². The molecular formula is C11H14Cl2FNO2. The van der Waals surface area contributed by atoms with Gasteiger partial charge in [0.15, 0.2) is 0 Å². The molecule has 17 heavy (non-hydrogen) atoms. The lowest BCUT2D eigenvalue weighted by Gasteiger charge is -2.13. The minimum atomic E-state index is -0.784. The van der Waals surface area contributed by atoms with E-state index in [1.807, 2.05) is 0 Å². The van der Waals surface area contributed by atoms with Gasteiger partial charge in [0, 0.05) is 16.6 Å². The fraction of sp³-hybridized carbons (Fsp3) is 0.364. The molecule has 0 aliphatic carbocycles. The summed E-state index contributed by atoms with van der Waals surface area (Å²) in [7, 11) is 0. The molecule has 0 spiro atoms. The second-order valence-electron chi connectivity index (χ2n) is 3.25. The Morgan fingerprint density at radius 2 is 2.24 bits per heavy atom. The lowest BCUT2D eigenvalue weighted by molar-refractivity contribution is -0.143. The van der Waals surface area contributed by atoms with Gasteiger partial charge in [0.2, 0.25) is 0 Å². The molecule has 6 heteroatoms. The van der Waals surface area contributed by atoms with Crippen LogP contribution in [0.1, 0.15) is 24.9 Å². The fourth-order valence-corrected chi connectivity index (χ4v) is 1.67. The minimum Gasteiger partial charge on any atom is -0.466 e. The van der Waals surface area contributed by atoms with Gasteiger partial charge in [-0.25, -0.2) is 4.39 Å². The van der Waals surface area contributed by atoms with Gasteiger partial charge in [-0.1, -0.05) is 17.7 Å². The number of ether oxygens (including phenoxy) is 1. The van der Waals surface area contributed by atoms with Gasteiger partial charge in [-0.3, -0.25) is 4.79 Å². The second kappa shape index (κ2) is 7.48. The quantitative estimate of drug-likeness (QED) is 0.864. The van der Waals surface area contributed by atoms with E-state index < -0.39 is 17.8 Å². The maximum atomic E-state index is 13.4. The first-order valence-electron chi connectivity index (χ1n) is 4.91. The monoisotopic (exact) mass is 281 g/mol. The molecule has 3 nitrogen and oxygen atoms in total. The molecule has 0 saturated heterocycles. The molecule has 0 saturated carbocycles. The van der Waals surface area contributed by atoms with E-state index in [0.717, 1.165) is 0 Å². The topological polar surface area (TPSA) is 52.3 Å². The second-order valence-corrected chi connectivity index (χ2v) is 3.66. The van der Waals surface area contributed by atoms with Crippen molar-refractivity contribution in [2.75, 3.05) is 6.61 Å². The SMILES string of the molecule is CCOC(=O)C[C@@H](N)c1c(F)cccc1Cl.Cl. The van der Waals surface area contributed by atoms with Crippen molar-refractivity contribution in [1.29, 1.82) is 0 Å². The zero-order valence-electron chi connectivity index (χ0n) is 9.28. The van der Waals surface area contributed by atoms with Crippen molar-refractivity contribution in [3.05, 3.63) is 34.6 Å². The van der Waals surface area contributed by atoms with Gasteiger partial charge in [0.25, 0.3) is 0 Å². The summed E-state index contributed by atoms with van der Waals surface area (Å²) in [6, 6.07) is 3.49. The van der Waals surface area contributed by atoms with Crippen molar-refractivity contribution < 1.29 is 13.9 Å². The summed E-state index contributed by atoms with van der Waals surface area (Å²) in [4.78, 5) is 11.2. The first-order valence-corrected chi connectivity index (χ1v) is 5.29. The summed E-state index contributed by atoms with van der Waals surface area (Å²) in [6.07, 6.45) is -0.0888. The molecule has 0 bridgehead atoms. The highest BCUT2D eigenvalue weighted by atomic mass is 35.5. The number of nitrogens with two attached hydrogens (primary N) is 1. The molecule has 1 aromatic rings. The van der Waals surface area contributed by atoms with Crippen LogP contribution in [-0.4, -0.2) is 12.6 Å². The van der Waals surface area contributed by atoms with Crippen molar-refractivity contribution in [3.63, 3.8) is 0 Å². The van der Waals surface area contributed by atoms with Crippen molar-refractivity contribution in [3.8, 4) is 0 Å². The summed E-state index contributed by atoms with van der Waals surface area (Å²) in [6.45, 7) is 1.97. The molecule has 0 aromatic heterocycles. The van der Waals surface area contributed by atoms with Gasteiger partial charge in [-0.15, -0.1) is 12.4 Å². The summed E-state index contributed by atoms with van der Waals surface area (Å²) in [5, 5.41) is 0.219. The molecule has 96 valence electrons. The van der Waals surface area contributed by atoms with E-state index in [0.29, 0.717) is 0 Å². The molecule has 0 aliphatic heterocycles. The first kappa shape index (κ1) is 16.2. The summed E-state index contributed by atoms with van der Waals surface area (Å²) >= 11 is 5.81. The normalized spacial score (nSPS) is 11.5. The van der Waals surface area contributed by atoms with Gasteiger partial charge in [0.05, 0.1) is 13.0 Å². The van der Waals surface area contributed by atoms with E-state index in [2.05, 4.69) is 0 Å². The summed E-state index contributed by atoms with van der Waals surface area (Å²) in [5.41, 5.74) is 5.85. The van der Waals surface area contributed by atoms with Crippen LogP contribution in [-0.2, 0) is 9.53 Å². The predicted octanol–water partition coefficient (Wildman–Crippen LogP) is 2.85. The number of esters is 1. The molecule has 2 N–H and O–H groups in total. The maximum Gasteiger partial charge on any atom is 0.307 e. The largest absolute Gasteiger partial charge is 0.466 e. The van der Waals surface area contributed by atoms with Crippen molar-refractivity contribution >= 4 is 30.0 Å². The van der Waals surface area contributed by atoms with Gasteiger partial charge in [-0.2, -0.15) is 0 Å². The Bertz CT molecular complexity index is 367. The lowest BCUT2D eigenvalue weighted by atomic mass is 10.0. The molecule has 0 heterocycles. The maximum absolute atomic E-state index is 13.4. The van der Waals surface area contributed by atoms with Gasteiger partial charge < -0.3 is 10.5 Å². The van der Waals surface area contributed by atoms with Crippen LogP contribution in [0.3, 0.4) is 0 Å². The standard InChI is InChI=1S/C11H13ClFNO2.ClH/c1-2-16-10(15)6-9(14)11-7(12)4-3-5-8(11)13;/h3-5,9H,2,6,14H2,1H3;1H/t9-;/m1./s1. The number of halogens is 3. The Morgan fingerprint density at radius 3 is 2.76 bits per heavy atom. The zero-order valence-corrected chi connectivity index (χ0v) is 10.9. The number of carbonyl (C=O) groups excluding carboxylic acids is 1. The molecule has 0 radical (unpaired) electrons. The van der Waals surface area contributed by atoms with E-state index in [1.54, 1.807) is 6.92 Å². The van der Waals surface area contributed by atoms with E-state index in [1.165, 1.54) is 18.2 Å². The van der Waals surface area contributed by atoms with Crippen LogP contribution < -0.4 is 5.73 Å². The van der Waals surface area contributed by atoms with Crippen LogP contribution in [0.4, 0.5) is 4.39 Å². The molecule has 0 unspecified atom stereocenters. The third-order valence-corrected chi connectivity index (χ3v) is 2.39. The number of rotatable bonds is 4. The summed E-state index contributed by atoms with van der Waals surface area (Å²) in [5.74, 6) is -0.974. The van der Waals surface area contributed by atoms with Crippen LogP contribution in [0, 0.1) is 5.82 Å². The average molecular weight is 282 g/mol. The molecular weight excluding hydrogens is 268 g/mol. The van der Waals surface area contributed by atoms with Crippen LogP contribution in [0.25, 0.3) is 0 Å². The van der Waals surface area contributed by atoms with Gasteiger partial charge in [-0.05, 0) is 19.1 Å². The van der Waals surface area contributed by atoms with Crippen LogP contribution in [0.2, 0.25) is 5.02 Å². The smallest absolute Gasteiger partial charge is 0.307 e. The van der Waals surface area contributed by atoms with Gasteiger partial charge in [0.1, 0.15) is 5.82 Å². The highest BCUT2D eigenvalue weighted by Crippen LogP contribution is 2.26. The van der Waals surface area contributed by atoms with Crippen molar-refractivity contribution in [1.82, 2.24) is 0 Å². The third-order valence-electron chi connectivity index (χ3n) is 2.06. The highest BCUT2D eigenvalue weighted by Gasteiger charge is 2.18. The van der Waals surface area contributed by atoms with Crippen LogP contribution >= 0.6 is 24.0 Å². The van der Waals surface area contributed by atoms with E-state index in [-0.39, 0.29) is 36.0 Å². The average Bonchev–Trinajstić information content (AvgIpc) is 2.17. The number of benzene rings is 1. The number of hydrogen-bond acceptors (Lipinski definition) is 3. The molecule has 0 aliphatic rings. The third kappa shape index (κ3) is 4.50. The Balaban J connectivity index is 0.00000256.